The van der Waals surface area contributed by atoms with Crippen molar-refractivity contribution in [3.05, 3.63) is 34.8 Å². The maximum absolute atomic E-state index is 12.2. The maximum atomic E-state index is 12.2. The van der Waals surface area contributed by atoms with Crippen LogP contribution in [-0.2, 0) is 10.0 Å². The van der Waals surface area contributed by atoms with E-state index in [-0.39, 0.29) is 16.6 Å². The van der Waals surface area contributed by atoms with Crippen LogP contribution in [0.5, 0.6) is 0 Å². The summed E-state index contributed by atoms with van der Waals surface area (Å²) in [5.74, 6) is 0. The van der Waals surface area contributed by atoms with E-state index >= 15 is 0 Å². The molecule has 0 spiro atoms. The molecule has 1 aromatic carbocycles. The van der Waals surface area contributed by atoms with E-state index in [1.165, 1.54) is 6.07 Å². The lowest BCUT2D eigenvalue weighted by atomic mass is 10.0. The van der Waals surface area contributed by atoms with Crippen molar-refractivity contribution in [2.45, 2.75) is 30.2 Å². The first kappa shape index (κ1) is 13.6. The number of hydrogen-bond acceptors (Lipinski definition) is 3. The molecule has 18 heavy (non-hydrogen) atoms. The molecule has 0 fully saturated rings. The lowest BCUT2D eigenvalue weighted by Gasteiger charge is -2.20. The first-order valence-electron chi connectivity index (χ1n) is 5.71. The molecule has 0 aromatic heterocycles. The van der Waals surface area contributed by atoms with E-state index in [2.05, 4.69) is 26.7 Å². The lowest BCUT2D eigenvalue weighted by Crippen LogP contribution is -2.35. The van der Waals surface area contributed by atoms with Crippen LogP contribution in [0.2, 0.25) is 0 Å². The molecule has 1 aromatic rings. The fourth-order valence-corrected chi connectivity index (χ4v) is 3.88. The molecule has 98 valence electrons. The highest BCUT2D eigenvalue weighted by molar-refractivity contribution is 9.10. The molecule has 1 aliphatic rings. The fraction of sp³-hybridized carbons (Fsp3) is 0.333. The number of nitrogens with one attached hydrogen (secondary N) is 1. The summed E-state index contributed by atoms with van der Waals surface area (Å²) < 4.78 is 27.9. The number of nitrogen functional groups attached to an aromatic ring is 1. The van der Waals surface area contributed by atoms with Gasteiger partial charge in [-0.15, -0.1) is 0 Å². The zero-order valence-electron chi connectivity index (χ0n) is 9.77. The second-order valence-corrected chi connectivity index (χ2v) is 6.88. The fourth-order valence-electron chi connectivity index (χ4n) is 1.92. The minimum absolute atomic E-state index is 0.0432. The molecule has 0 bridgehead atoms. The Morgan fingerprint density at radius 2 is 2.11 bits per heavy atom. The first-order chi connectivity index (χ1) is 8.49. The third kappa shape index (κ3) is 3.13. The smallest absolute Gasteiger partial charge is 0.242 e. The molecule has 1 unspecified atom stereocenters. The number of allylic oxidation sites excluding steroid dienone is 1. The summed E-state index contributed by atoms with van der Waals surface area (Å²) in [6.45, 7) is 0. The average Bonchev–Trinajstić information content (AvgIpc) is 2.33. The quantitative estimate of drug-likeness (QED) is 0.660. The van der Waals surface area contributed by atoms with Crippen LogP contribution in [0.25, 0.3) is 0 Å². The highest BCUT2D eigenvalue weighted by Gasteiger charge is 2.22. The van der Waals surface area contributed by atoms with Crippen molar-refractivity contribution < 1.29 is 8.42 Å². The monoisotopic (exact) mass is 330 g/mol. The predicted octanol–water partition coefficient (Wildman–Crippen LogP) is 2.42. The van der Waals surface area contributed by atoms with Crippen molar-refractivity contribution in [3.63, 3.8) is 0 Å². The largest absolute Gasteiger partial charge is 0.398 e. The van der Waals surface area contributed by atoms with Crippen LogP contribution in [0.15, 0.2) is 39.7 Å². The average molecular weight is 331 g/mol. The summed E-state index contributed by atoms with van der Waals surface area (Å²) in [5.41, 5.74) is 5.99. The number of anilines is 1. The molecule has 0 amide bonds. The standard InChI is InChI=1S/C12H15BrN2O2S/c13-9-6-7-11(14)12(8-9)18(16,17)15-10-4-2-1-3-5-10/h1-2,6-8,10,15H,3-5,14H2. The zero-order valence-corrected chi connectivity index (χ0v) is 12.2. The van der Waals surface area contributed by atoms with Gasteiger partial charge in [-0.1, -0.05) is 28.1 Å². The highest BCUT2D eigenvalue weighted by Crippen LogP contribution is 2.24. The van der Waals surface area contributed by atoms with E-state index in [4.69, 9.17) is 5.73 Å². The van der Waals surface area contributed by atoms with Gasteiger partial charge in [-0.3, -0.25) is 0 Å². The molecule has 0 radical (unpaired) electrons. The van der Waals surface area contributed by atoms with Gasteiger partial charge >= 0.3 is 0 Å². The number of rotatable bonds is 3. The van der Waals surface area contributed by atoms with E-state index in [0.717, 1.165) is 19.3 Å². The minimum atomic E-state index is -3.55. The minimum Gasteiger partial charge on any atom is -0.398 e. The molecular weight excluding hydrogens is 316 g/mol. The van der Waals surface area contributed by atoms with Gasteiger partial charge in [0.2, 0.25) is 10.0 Å². The Bertz CT molecular complexity index is 569. The number of nitrogens with two attached hydrogens (primary N) is 1. The second kappa shape index (κ2) is 5.42. The third-order valence-electron chi connectivity index (χ3n) is 2.86. The Morgan fingerprint density at radius 3 is 2.78 bits per heavy atom. The number of halogens is 1. The van der Waals surface area contributed by atoms with E-state index < -0.39 is 10.0 Å². The zero-order chi connectivity index (χ0) is 13.2. The lowest BCUT2D eigenvalue weighted by molar-refractivity contribution is 0.522. The molecule has 0 saturated carbocycles. The summed E-state index contributed by atoms with van der Waals surface area (Å²) in [6.07, 6.45) is 6.52. The van der Waals surface area contributed by atoms with Crippen LogP contribution in [0.3, 0.4) is 0 Å². The van der Waals surface area contributed by atoms with Crippen LogP contribution in [0.4, 0.5) is 5.69 Å². The van der Waals surface area contributed by atoms with Gasteiger partial charge in [0.05, 0.1) is 5.69 Å². The topological polar surface area (TPSA) is 72.2 Å². The first-order valence-corrected chi connectivity index (χ1v) is 7.99. The second-order valence-electron chi connectivity index (χ2n) is 4.28. The van der Waals surface area contributed by atoms with E-state index in [1.807, 2.05) is 6.08 Å². The van der Waals surface area contributed by atoms with E-state index in [0.29, 0.717) is 4.47 Å². The molecule has 0 heterocycles. The van der Waals surface area contributed by atoms with Crippen molar-refractivity contribution in [2.75, 3.05) is 5.73 Å². The number of hydrogen-bond donors (Lipinski definition) is 2. The van der Waals surface area contributed by atoms with Crippen LogP contribution in [0, 0.1) is 0 Å². The van der Waals surface area contributed by atoms with Crippen LogP contribution in [-0.4, -0.2) is 14.5 Å². The third-order valence-corrected chi connectivity index (χ3v) is 4.93. The Labute approximate surface area is 115 Å². The van der Waals surface area contributed by atoms with Gasteiger partial charge in [0.25, 0.3) is 0 Å². The molecular formula is C12H15BrN2O2S. The summed E-state index contributed by atoms with van der Waals surface area (Å²) in [4.78, 5) is 0.131. The molecule has 1 atom stereocenters. The molecule has 6 heteroatoms. The summed E-state index contributed by atoms with van der Waals surface area (Å²) in [7, 11) is -3.55. The Kier molecular flexibility index (Phi) is 4.09. The van der Waals surface area contributed by atoms with Gasteiger partial charge in [-0.05, 0) is 37.5 Å². The highest BCUT2D eigenvalue weighted by atomic mass is 79.9. The van der Waals surface area contributed by atoms with Crippen molar-refractivity contribution in [2.24, 2.45) is 0 Å². The van der Waals surface area contributed by atoms with Crippen LogP contribution in [0.1, 0.15) is 19.3 Å². The summed E-state index contributed by atoms with van der Waals surface area (Å²) >= 11 is 3.26. The van der Waals surface area contributed by atoms with Crippen molar-refractivity contribution in [1.82, 2.24) is 4.72 Å². The molecule has 4 nitrogen and oxygen atoms in total. The van der Waals surface area contributed by atoms with Crippen molar-refractivity contribution >= 4 is 31.6 Å². The van der Waals surface area contributed by atoms with Crippen LogP contribution >= 0.6 is 15.9 Å². The van der Waals surface area contributed by atoms with E-state index in [9.17, 15) is 8.42 Å². The summed E-state index contributed by atoms with van der Waals surface area (Å²) in [6, 6.07) is 4.78. The Morgan fingerprint density at radius 1 is 1.33 bits per heavy atom. The SMILES string of the molecule is Nc1ccc(Br)cc1S(=O)(=O)NC1CC=CCC1. The van der Waals surface area contributed by atoms with Gasteiger partial charge < -0.3 is 5.73 Å². The normalized spacial score (nSPS) is 19.9. The van der Waals surface area contributed by atoms with Gasteiger partial charge in [-0.25, -0.2) is 13.1 Å². The Balaban J connectivity index is 2.24. The Hall–Kier alpha value is -0.850. The van der Waals surface area contributed by atoms with Gasteiger partial charge in [0.1, 0.15) is 4.90 Å². The van der Waals surface area contributed by atoms with Gasteiger partial charge in [0.15, 0.2) is 0 Å². The van der Waals surface area contributed by atoms with Gasteiger partial charge in [0, 0.05) is 10.5 Å². The van der Waals surface area contributed by atoms with Crippen molar-refractivity contribution in [3.8, 4) is 0 Å². The number of benzene rings is 1. The molecule has 2 rings (SSSR count). The molecule has 0 saturated heterocycles. The van der Waals surface area contributed by atoms with Crippen molar-refractivity contribution in [1.29, 1.82) is 0 Å². The number of sulfonamides is 1. The predicted molar refractivity (Wildman–Crippen MR) is 75.7 cm³/mol. The molecule has 0 aliphatic heterocycles. The molecule has 1 aliphatic carbocycles. The summed E-state index contributed by atoms with van der Waals surface area (Å²) in [5, 5.41) is 0. The van der Waals surface area contributed by atoms with Crippen LogP contribution < -0.4 is 10.5 Å². The van der Waals surface area contributed by atoms with Gasteiger partial charge in [-0.2, -0.15) is 0 Å². The molecule has 3 N–H and O–H groups in total. The van der Waals surface area contributed by atoms with E-state index in [1.54, 1.807) is 12.1 Å². The maximum Gasteiger partial charge on any atom is 0.242 e.